The molecule has 4 heteroatoms. The van der Waals surface area contributed by atoms with Gasteiger partial charge in [0.15, 0.2) is 0 Å². The van der Waals surface area contributed by atoms with Crippen LogP contribution in [0, 0.1) is 25.1 Å². The fourth-order valence-corrected chi connectivity index (χ4v) is 1.91. The molecule has 0 saturated heterocycles. The van der Waals surface area contributed by atoms with Crippen LogP contribution in [0.5, 0.6) is 0 Å². The molecule has 0 fully saturated rings. The summed E-state index contributed by atoms with van der Waals surface area (Å²) in [6.07, 6.45) is 0.126. The van der Waals surface area contributed by atoms with Crippen LogP contribution in [0.3, 0.4) is 0 Å². The molecule has 0 amide bonds. The van der Waals surface area contributed by atoms with Crippen LogP contribution in [0.4, 0.5) is 4.39 Å². The van der Waals surface area contributed by atoms with Crippen LogP contribution in [0.15, 0.2) is 6.07 Å². The number of halogens is 2. The molecular formula is C13H16ClFO2. The van der Waals surface area contributed by atoms with E-state index in [1.165, 1.54) is 0 Å². The van der Waals surface area contributed by atoms with Crippen molar-refractivity contribution < 1.29 is 14.3 Å². The van der Waals surface area contributed by atoms with Gasteiger partial charge in [0.05, 0.1) is 10.4 Å². The summed E-state index contributed by atoms with van der Waals surface area (Å²) in [5.41, 5.74) is 1.01. The Balaban J connectivity index is 3.28. The topological polar surface area (TPSA) is 37.3 Å². The van der Waals surface area contributed by atoms with Crippen LogP contribution in [-0.4, -0.2) is 11.1 Å². The highest BCUT2D eigenvalue weighted by Gasteiger charge is 2.30. The largest absolute Gasteiger partial charge is 0.481 e. The molecule has 0 atom stereocenters. The van der Waals surface area contributed by atoms with Crippen LogP contribution in [-0.2, 0) is 11.2 Å². The first-order valence-electron chi connectivity index (χ1n) is 5.34. The monoisotopic (exact) mass is 258 g/mol. The average Bonchev–Trinajstić information content (AvgIpc) is 2.21. The van der Waals surface area contributed by atoms with Crippen LogP contribution >= 0.6 is 11.6 Å². The van der Waals surface area contributed by atoms with Gasteiger partial charge in [-0.3, -0.25) is 4.79 Å². The lowest BCUT2D eigenvalue weighted by Gasteiger charge is -2.21. The van der Waals surface area contributed by atoms with Crippen molar-refractivity contribution in [3.8, 4) is 0 Å². The first kappa shape index (κ1) is 14.0. The van der Waals surface area contributed by atoms with E-state index in [9.17, 15) is 9.18 Å². The number of carboxylic acid groups (broad SMARTS) is 1. The highest BCUT2D eigenvalue weighted by atomic mass is 35.5. The Kier molecular flexibility index (Phi) is 3.82. The zero-order valence-electron chi connectivity index (χ0n) is 10.4. The summed E-state index contributed by atoms with van der Waals surface area (Å²) < 4.78 is 13.9. The van der Waals surface area contributed by atoms with E-state index in [0.29, 0.717) is 5.56 Å². The van der Waals surface area contributed by atoms with Gasteiger partial charge in [-0.15, -0.1) is 0 Å². The van der Waals surface area contributed by atoms with Gasteiger partial charge in [-0.2, -0.15) is 0 Å². The normalized spacial score (nSPS) is 11.6. The lowest BCUT2D eigenvalue weighted by molar-refractivity contribution is -0.146. The van der Waals surface area contributed by atoms with Crippen molar-refractivity contribution in [1.82, 2.24) is 0 Å². The summed E-state index contributed by atoms with van der Waals surface area (Å²) in [5, 5.41) is 9.11. The molecule has 0 aliphatic heterocycles. The summed E-state index contributed by atoms with van der Waals surface area (Å²) in [6, 6.07) is 1.56. The number of aryl methyl sites for hydroxylation is 1. The van der Waals surface area contributed by atoms with Crippen molar-refractivity contribution in [2.24, 2.45) is 5.41 Å². The minimum Gasteiger partial charge on any atom is -0.481 e. The molecule has 1 rings (SSSR count). The molecule has 0 aromatic heterocycles. The fraction of sp³-hybridized carbons (Fsp3) is 0.462. The van der Waals surface area contributed by atoms with Gasteiger partial charge in [0, 0.05) is 0 Å². The third-order valence-electron chi connectivity index (χ3n) is 3.06. The summed E-state index contributed by atoms with van der Waals surface area (Å²) >= 11 is 5.78. The molecule has 1 aromatic carbocycles. The molecule has 0 saturated carbocycles. The second kappa shape index (κ2) is 4.65. The van der Waals surface area contributed by atoms with E-state index in [-0.39, 0.29) is 11.4 Å². The van der Waals surface area contributed by atoms with Gasteiger partial charge in [-0.25, -0.2) is 4.39 Å². The van der Waals surface area contributed by atoms with Gasteiger partial charge in [0.1, 0.15) is 5.82 Å². The predicted molar refractivity (Wildman–Crippen MR) is 66.0 cm³/mol. The first-order valence-corrected chi connectivity index (χ1v) is 5.72. The Morgan fingerprint density at radius 2 is 2.00 bits per heavy atom. The number of aliphatic carboxylic acids is 1. The number of benzene rings is 1. The van der Waals surface area contributed by atoms with E-state index in [1.807, 2.05) is 6.92 Å². The molecule has 0 spiro atoms. The van der Waals surface area contributed by atoms with Gasteiger partial charge in [-0.05, 0) is 56.9 Å². The Labute approximate surface area is 105 Å². The first-order chi connectivity index (χ1) is 7.66. The van der Waals surface area contributed by atoms with E-state index in [0.717, 1.165) is 11.1 Å². The van der Waals surface area contributed by atoms with E-state index >= 15 is 0 Å². The van der Waals surface area contributed by atoms with Crippen molar-refractivity contribution in [3.63, 3.8) is 0 Å². The fourth-order valence-electron chi connectivity index (χ4n) is 1.64. The predicted octanol–water partition coefficient (Wildman–Crippen LogP) is 3.75. The molecule has 0 heterocycles. The van der Waals surface area contributed by atoms with Crippen LogP contribution in [0.2, 0.25) is 5.02 Å². The molecule has 17 heavy (non-hydrogen) atoms. The molecule has 1 aromatic rings. The molecule has 0 radical (unpaired) electrons. The maximum absolute atomic E-state index is 13.9. The SMILES string of the molecule is Cc1cc(Cl)c(F)c(CC(C)(C)C(=O)O)c1C. The molecule has 0 aliphatic rings. The summed E-state index contributed by atoms with van der Waals surface area (Å²) in [4.78, 5) is 11.1. The minimum absolute atomic E-state index is 0.0456. The molecule has 0 aliphatic carbocycles. The average molecular weight is 259 g/mol. The molecule has 94 valence electrons. The number of rotatable bonds is 3. The summed E-state index contributed by atoms with van der Waals surface area (Å²) in [7, 11) is 0. The van der Waals surface area contributed by atoms with Gasteiger partial charge in [-0.1, -0.05) is 11.6 Å². The highest BCUT2D eigenvalue weighted by molar-refractivity contribution is 6.30. The van der Waals surface area contributed by atoms with E-state index in [2.05, 4.69) is 0 Å². The van der Waals surface area contributed by atoms with Crippen molar-refractivity contribution >= 4 is 17.6 Å². The van der Waals surface area contributed by atoms with Crippen molar-refractivity contribution in [3.05, 3.63) is 33.6 Å². The second-order valence-corrected chi connectivity index (χ2v) is 5.37. The van der Waals surface area contributed by atoms with Crippen molar-refractivity contribution in [1.29, 1.82) is 0 Å². The van der Waals surface area contributed by atoms with Gasteiger partial charge < -0.3 is 5.11 Å². The van der Waals surface area contributed by atoms with E-state index in [4.69, 9.17) is 16.7 Å². The second-order valence-electron chi connectivity index (χ2n) is 4.96. The molecule has 2 nitrogen and oxygen atoms in total. The Hall–Kier alpha value is -1.09. The molecule has 1 N–H and O–H groups in total. The van der Waals surface area contributed by atoms with Gasteiger partial charge in [0.2, 0.25) is 0 Å². The lowest BCUT2D eigenvalue weighted by atomic mass is 9.83. The quantitative estimate of drug-likeness (QED) is 0.897. The van der Waals surface area contributed by atoms with Crippen LogP contribution in [0.25, 0.3) is 0 Å². The maximum Gasteiger partial charge on any atom is 0.309 e. The van der Waals surface area contributed by atoms with Gasteiger partial charge >= 0.3 is 5.97 Å². The zero-order chi connectivity index (χ0) is 13.4. The Bertz CT molecular complexity index is 441. The molecule has 0 unspecified atom stereocenters. The zero-order valence-corrected chi connectivity index (χ0v) is 11.2. The molecule has 0 bridgehead atoms. The third-order valence-corrected chi connectivity index (χ3v) is 3.33. The Morgan fingerprint density at radius 3 is 2.47 bits per heavy atom. The van der Waals surface area contributed by atoms with Crippen molar-refractivity contribution in [2.45, 2.75) is 34.1 Å². The number of hydrogen-bond acceptors (Lipinski definition) is 1. The van der Waals surface area contributed by atoms with Crippen molar-refractivity contribution in [2.75, 3.05) is 0 Å². The highest BCUT2D eigenvalue weighted by Crippen LogP contribution is 2.31. The van der Waals surface area contributed by atoms with E-state index in [1.54, 1.807) is 26.8 Å². The van der Waals surface area contributed by atoms with Gasteiger partial charge in [0.25, 0.3) is 0 Å². The van der Waals surface area contributed by atoms with Crippen LogP contribution in [0.1, 0.15) is 30.5 Å². The smallest absolute Gasteiger partial charge is 0.309 e. The minimum atomic E-state index is -1.01. The standard InChI is InChI=1S/C13H16ClFO2/c1-7-5-10(14)11(15)9(8(7)2)6-13(3,4)12(16)17/h5H,6H2,1-4H3,(H,16,17). The number of hydrogen-bond donors (Lipinski definition) is 1. The molecular weight excluding hydrogens is 243 g/mol. The van der Waals surface area contributed by atoms with E-state index < -0.39 is 17.2 Å². The Morgan fingerprint density at radius 1 is 1.47 bits per heavy atom. The maximum atomic E-state index is 13.9. The lowest BCUT2D eigenvalue weighted by Crippen LogP contribution is -2.27. The summed E-state index contributed by atoms with van der Waals surface area (Å²) in [6.45, 7) is 6.76. The van der Waals surface area contributed by atoms with Crippen LogP contribution < -0.4 is 0 Å². The summed E-state index contributed by atoms with van der Waals surface area (Å²) in [5.74, 6) is -1.46. The number of carboxylic acids is 1. The number of carbonyl (C=O) groups is 1. The third kappa shape index (κ3) is 2.78.